The number of aliphatic hydroxyl groups excluding tert-OH is 2. The fraction of sp³-hybridized carbons (Fsp3) is 0.650. The van der Waals surface area contributed by atoms with Gasteiger partial charge < -0.3 is 24.9 Å². The number of hydrogen-bond acceptors (Lipinski definition) is 5. The van der Waals surface area contributed by atoms with Gasteiger partial charge in [0.15, 0.2) is 0 Å². The highest BCUT2D eigenvalue weighted by molar-refractivity contribution is 5.99. The van der Waals surface area contributed by atoms with E-state index in [1.165, 1.54) is 0 Å². The predicted octanol–water partition coefficient (Wildman–Crippen LogP) is 0.890. The van der Waals surface area contributed by atoms with Crippen LogP contribution >= 0.6 is 0 Å². The number of amides is 1. The molecule has 2 heterocycles. The van der Waals surface area contributed by atoms with Crippen LogP contribution in [0.25, 0.3) is 0 Å². The maximum absolute atomic E-state index is 13.1. The molecule has 2 N–H and O–H groups in total. The topological polar surface area (TPSA) is 67.3 Å². The zero-order valence-electron chi connectivity index (χ0n) is 15.8. The average molecular weight is 361 g/mol. The number of para-hydroxylation sites is 1. The first kappa shape index (κ1) is 19.1. The average Bonchev–Trinajstić information content (AvgIpc) is 3.05. The molecule has 0 saturated carbocycles. The van der Waals surface area contributed by atoms with Crippen LogP contribution in [0.4, 0.5) is 5.69 Å². The summed E-state index contributed by atoms with van der Waals surface area (Å²) in [4.78, 5) is 19.3. The second-order valence-corrected chi connectivity index (χ2v) is 7.86. The number of carbonyl (C=O) groups is 1. The van der Waals surface area contributed by atoms with Gasteiger partial charge in [0.05, 0.1) is 11.7 Å². The van der Waals surface area contributed by atoms with E-state index in [1.54, 1.807) is 0 Å². The summed E-state index contributed by atoms with van der Waals surface area (Å²) >= 11 is 0. The number of nitrogens with zero attached hydrogens (tertiary/aromatic N) is 3. The molecule has 2 aliphatic rings. The van der Waals surface area contributed by atoms with Crippen LogP contribution in [0.2, 0.25) is 0 Å². The van der Waals surface area contributed by atoms with Gasteiger partial charge in [-0.25, -0.2) is 0 Å². The van der Waals surface area contributed by atoms with Crippen LogP contribution in [-0.4, -0.2) is 85.5 Å². The van der Waals surface area contributed by atoms with E-state index in [0.29, 0.717) is 13.1 Å². The number of piperidine rings is 1. The summed E-state index contributed by atoms with van der Waals surface area (Å²) in [6.07, 6.45) is 1.45. The minimum Gasteiger partial charge on any atom is -0.396 e. The van der Waals surface area contributed by atoms with Gasteiger partial charge in [0.2, 0.25) is 0 Å². The fourth-order valence-electron chi connectivity index (χ4n) is 4.17. The van der Waals surface area contributed by atoms with E-state index in [2.05, 4.69) is 4.90 Å². The lowest BCUT2D eigenvalue weighted by Gasteiger charge is -2.32. The van der Waals surface area contributed by atoms with Crippen molar-refractivity contribution < 1.29 is 15.0 Å². The maximum atomic E-state index is 13.1. The number of aliphatic hydroxyl groups is 2. The Bertz CT molecular complexity index is 614. The quantitative estimate of drug-likeness (QED) is 0.815. The molecule has 2 atom stereocenters. The molecule has 3 rings (SSSR count). The van der Waals surface area contributed by atoms with Crippen LogP contribution in [0.1, 0.15) is 23.2 Å². The molecule has 2 aliphatic heterocycles. The summed E-state index contributed by atoms with van der Waals surface area (Å²) in [5.74, 6) is 0.451. The summed E-state index contributed by atoms with van der Waals surface area (Å²) in [6.45, 7) is 4.08. The summed E-state index contributed by atoms with van der Waals surface area (Å²) < 4.78 is 0. The lowest BCUT2D eigenvalue weighted by molar-refractivity contribution is 0.0679. The molecule has 0 bridgehead atoms. The molecule has 2 fully saturated rings. The Morgan fingerprint density at radius 3 is 2.46 bits per heavy atom. The Hall–Kier alpha value is -1.63. The standard InChI is InChI=1S/C20H31N3O3/c1-21(2)19-6-4-3-5-18(19)20(26)23-12-15(16(13-23)14-24)11-22-9-7-17(25)8-10-22/h3-6,15-17,24-25H,7-14H2,1-2H3/t15-,16-/m1/s1. The zero-order valence-corrected chi connectivity index (χ0v) is 15.8. The summed E-state index contributed by atoms with van der Waals surface area (Å²) in [6, 6.07) is 7.69. The number of likely N-dealkylation sites (tertiary alicyclic amines) is 2. The van der Waals surface area contributed by atoms with Crippen molar-refractivity contribution in [2.24, 2.45) is 11.8 Å². The molecular formula is C20H31N3O3. The second-order valence-electron chi connectivity index (χ2n) is 7.86. The van der Waals surface area contributed by atoms with Gasteiger partial charge in [0.25, 0.3) is 5.91 Å². The minimum absolute atomic E-state index is 0.0457. The lowest BCUT2D eigenvalue weighted by Crippen LogP contribution is -2.40. The first-order valence-electron chi connectivity index (χ1n) is 9.56. The van der Waals surface area contributed by atoms with E-state index in [1.807, 2.05) is 48.2 Å². The Kier molecular flexibility index (Phi) is 6.16. The van der Waals surface area contributed by atoms with Crippen LogP contribution in [0.3, 0.4) is 0 Å². The van der Waals surface area contributed by atoms with Gasteiger partial charge in [0, 0.05) is 65.0 Å². The number of carbonyl (C=O) groups excluding carboxylic acids is 1. The third-order valence-electron chi connectivity index (χ3n) is 5.76. The van der Waals surface area contributed by atoms with Crippen molar-refractivity contribution >= 4 is 11.6 Å². The van der Waals surface area contributed by atoms with Crippen LogP contribution in [0.15, 0.2) is 24.3 Å². The molecule has 1 aromatic rings. The number of hydrogen-bond donors (Lipinski definition) is 2. The van der Waals surface area contributed by atoms with Gasteiger partial charge >= 0.3 is 0 Å². The molecule has 6 heteroatoms. The van der Waals surface area contributed by atoms with Crippen LogP contribution in [0.5, 0.6) is 0 Å². The fourth-order valence-corrected chi connectivity index (χ4v) is 4.17. The van der Waals surface area contributed by atoms with E-state index in [-0.39, 0.29) is 30.5 Å². The third kappa shape index (κ3) is 4.19. The molecule has 6 nitrogen and oxygen atoms in total. The highest BCUT2D eigenvalue weighted by Crippen LogP contribution is 2.28. The largest absolute Gasteiger partial charge is 0.396 e. The smallest absolute Gasteiger partial charge is 0.255 e. The molecule has 0 aliphatic carbocycles. The van der Waals surface area contributed by atoms with Gasteiger partial charge in [-0.2, -0.15) is 0 Å². The first-order valence-corrected chi connectivity index (χ1v) is 9.56. The molecule has 0 spiro atoms. The Labute approximate surface area is 156 Å². The Balaban J connectivity index is 1.67. The van der Waals surface area contributed by atoms with Gasteiger partial charge in [-0.15, -0.1) is 0 Å². The monoisotopic (exact) mass is 361 g/mol. The van der Waals surface area contributed by atoms with Crippen molar-refractivity contribution in [3.05, 3.63) is 29.8 Å². The van der Waals surface area contributed by atoms with Gasteiger partial charge in [-0.3, -0.25) is 4.79 Å². The molecule has 2 saturated heterocycles. The second kappa shape index (κ2) is 8.37. The summed E-state index contributed by atoms with van der Waals surface area (Å²) in [5, 5.41) is 19.5. The van der Waals surface area contributed by atoms with E-state index >= 15 is 0 Å². The zero-order chi connectivity index (χ0) is 18.7. The number of anilines is 1. The summed E-state index contributed by atoms with van der Waals surface area (Å²) in [5.41, 5.74) is 1.64. The van der Waals surface area contributed by atoms with Gasteiger partial charge in [0.1, 0.15) is 0 Å². The number of rotatable bonds is 5. The minimum atomic E-state index is -0.177. The van der Waals surface area contributed by atoms with Crippen molar-refractivity contribution in [3.8, 4) is 0 Å². The van der Waals surface area contributed by atoms with E-state index in [4.69, 9.17) is 0 Å². The number of benzene rings is 1. The van der Waals surface area contributed by atoms with Crippen molar-refractivity contribution in [1.82, 2.24) is 9.80 Å². The Morgan fingerprint density at radius 2 is 1.81 bits per heavy atom. The molecule has 144 valence electrons. The van der Waals surface area contributed by atoms with Crippen molar-refractivity contribution in [1.29, 1.82) is 0 Å². The molecule has 0 aromatic heterocycles. The summed E-state index contributed by atoms with van der Waals surface area (Å²) in [7, 11) is 3.89. The van der Waals surface area contributed by atoms with E-state index < -0.39 is 0 Å². The maximum Gasteiger partial charge on any atom is 0.255 e. The van der Waals surface area contributed by atoms with Crippen LogP contribution in [0, 0.1) is 11.8 Å². The molecule has 26 heavy (non-hydrogen) atoms. The Morgan fingerprint density at radius 1 is 1.15 bits per heavy atom. The SMILES string of the molecule is CN(C)c1ccccc1C(=O)N1C[C@@H](CN2CCC(O)CC2)[C@@H](CO)C1. The first-order chi connectivity index (χ1) is 12.5. The molecule has 0 radical (unpaired) electrons. The van der Waals surface area contributed by atoms with Crippen molar-refractivity contribution in [2.45, 2.75) is 18.9 Å². The highest BCUT2D eigenvalue weighted by atomic mass is 16.3. The third-order valence-corrected chi connectivity index (χ3v) is 5.76. The van der Waals surface area contributed by atoms with Crippen molar-refractivity contribution in [2.75, 3.05) is 58.3 Å². The van der Waals surface area contributed by atoms with Gasteiger partial charge in [-0.1, -0.05) is 12.1 Å². The van der Waals surface area contributed by atoms with Crippen LogP contribution in [-0.2, 0) is 0 Å². The predicted molar refractivity (Wildman–Crippen MR) is 102 cm³/mol. The normalized spacial score (nSPS) is 24.8. The lowest BCUT2D eigenvalue weighted by atomic mass is 9.95. The molecule has 1 amide bonds. The van der Waals surface area contributed by atoms with Crippen molar-refractivity contribution in [3.63, 3.8) is 0 Å². The molecular weight excluding hydrogens is 330 g/mol. The highest BCUT2D eigenvalue weighted by Gasteiger charge is 2.37. The molecule has 1 aromatic carbocycles. The van der Waals surface area contributed by atoms with E-state index in [0.717, 1.165) is 43.7 Å². The van der Waals surface area contributed by atoms with Gasteiger partial charge in [-0.05, 0) is 30.9 Å². The van der Waals surface area contributed by atoms with E-state index in [9.17, 15) is 15.0 Å². The molecule has 0 unspecified atom stereocenters. The van der Waals surface area contributed by atoms with Crippen LogP contribution < -0.4 is 4.90 Å².